The number of esters is 1. The molecule has 58 valence electrons. The molecule has 1 saturated carbocycles. The first-order chi connectivity index (χ1) is 4.79. The van der Waals surface area contributed by atoms with Crippen LogP contribution >= 0.6 is 0 Å². The molecular formula is C8H14O2. The van der Waals surface area contributed by atoms with Crippen molar-refractivity contribution >= 4 is 5.97 Å². The van der Waals surface area contributed by atoms with E-state index in [1.807, 2.05) is 6.92 Å². The van der Waals surface area contributed by atoms with Crippen LogP contribution in [0, 0.1) is 11.8 Å². The summed E-state index contributed by atoms with van der Waals surface area (Å²) in [6.45, 7) is 4.48. The minimum Gasteiger partial charge on any atom is -0.466 e. The Morgan fingerprint density at radius 1 is 1.60 bits per heavy atom. The highest BCUT2D eigenvalue weighted by Crippen LogP contribution is 2.41. The molecule has 0 saturated heterocycles. The van der Waals surface area contributed by atoms with Gasteiger partial charge < -0.3 is 4.74 Å². The Morgan fingerprint density at radius 3 is 2.70 bits per heavy atom. The standard InChI is InChI=1S/C8H14O2/c1-3-6-5-7(6)8(9)10-4-2/h6-7H,3-5H2,1-2H3. The van der Waals surface area contributed by atoms with E-state index in [-0.39, 0.29) is 11.9 Å². The second-order valence-electron chi connectivity index (χ2n) is 2.76. The Hall–Kier alpha value is -0.530. The molecule has 1 aliphatic rings. The van der Waals surface area contributed by atoms with Crippen molar-refractivity contribution in [1.82, 2.24) is 0 Å². The van der Waals surface area contributed by atoms with Crippen LogP contribution in [0.4, 0.5) is 0 Å². The molecule has 2 nitrogen and oxygen atoms in total. The third-order valence-corrected chi connectivity index (χ3v) is 2.04. The van der Waals surface area contributed by atoms with E-state index in [1.54, 1.807) is 0 Å². The van der Waals surface area contributed by atoms with Crippen LogP contribution in [0.15, 0.2) is 0 Å². The Bertz CT molecular complexity index is 131. The molecule has 0 aromatic rings. The normalized spacial score (nSPS) is 29.8. The molecule has 0 aromatic carbocycles. The summed E-state index contributed by atoms with van der Waals surface area (Å²) in [5, 5.41) is 0. The van der Waals surface area contributed by atoms with Crippen LogP contribution in [-0.2, 0) is 9.53 Å². The first-order valence-corrected chi connectivity index (χ1v) is 3.96. The van der Waals surface area contributed by atoms with E-state index in [4.69, 9.17) is 4.74 Å². The van der Waals surface area contributed by atoms with Gasteiger partial charge in [0.25, 0.3) is 0 Å². The van der Waals surface area contributed by atoms with Crippen molar-refractivity contribution in [2.24, 2.45) is 11.8 Å². The Labute approximate surface area is 61.6 Å². The van der Waals surface area contributed by atoms with Gasteiger partial charge in [-0.2, -0.15) is 0 Å². The topological polar surface area (TPSA) is 26.3 Å². The summed E-state index contributed by atoms with van der Waals surface area (Å²) in [4.78, 5) is 11.0. The summed E-state index contributed by atoms with van der Waals surface area (Å²) >= 11 is 0. The number of hydrogen-bond acceptors (Lipinski definition) is 2. The van der Waals surface area contributed by atoms with Gasteiger partial charge in [-0.15, -0.1) is 0 Å². The maximum atomic E-state index is 11.0. The summed E-state index contributed by atoms with van der Waals surface area (Å²) in [6, 6.07) is 0. The first kappa shape index (κ1) is 7.58. The molecule has 0 N–H and O–H groups in total. The Kier molecular flexibility index (Phi) is 2.30. The average Bonchev–Trinajstić information content (AvgIpc) is 2.66. The van der Waals surface area contributed by atoms with Gasteiger partial charge in [0.05, 0.1) is 12.5 Å². The van der Waals surface area contributed by atoms with Gasteiger partial charge in [-0.3, -0.25) is 4.79 Å². The van der Waals surface area contributed by atoms with Gasteiger partial charge in [-0.1, -0.05) is 13.3 Å². The van der Waals surface area contributed by atoms with Gasteiger partial charge in [0.2, 0.25) is 0 Å². The lowest BCUT2D eigenvalue weighted by atomic mass is 10.2. The quantitative estimate of drug-likeness (QED) is 0.559. The largest absolute Gasteiger partial charge is 0.466 e. The molecule has 0 spiro atoms. The fraction of sp³-hybridized carbons (Fsp3) is 0.875. The molecule has 0 radical (unpaired) electrons. The molecule has 2 heteroatoms. The molecule has 1 aliphatic carbocycles. The second kappa shape index (κ2) is 3.04. The number of hydrogen-bond donors (Lipinski definition) is 0. The van der Waals surface area contributed by atoms with E-state index in [0.29, 0.717) is 12.5 Å². The molecule has 10 heavy (non-hydrogen) atoms. The maximum absolute atomic E-state index is 11.0. The minimum absolute atomic E-state index is 0.00866. The molecule has 2 atom stereocenters. The zero-order chi connectivity index (χ0) is 7.56. The highest BCUT2D eigenvalue weighted by Gasteiger charge is 2.42. The van der Waals surface area contributed by atoms with E-state index >= 15 is 0 Å². The van der Waals surface area contributed by atoms with Gasteiger partial charge in [-0.25, -0.2) is 0 Å². The lowest BCUT2D eigenvalue weighted by Crippen LogP contribution is -2.07. The van der Waals surface area contributed by atoms with E-state index in [1.165, 1.54) is 0 Å². The molecule has 0 amide bonds. The SMILES string of the molecule is CCOC(=O)C1CC1CC. The van der Waals surface area contributed by atoms with Crippen molar-refractivity contribution in [3.05, 3.63) is 0 Å². The van der Waals surface area contributed by atoms with Crippen molar-refractivity contribution in [2.75, 3.05) is 6.61 Å². The van der Waals surface area contributed by atoms with Gasteiger partial charge in [0.15, 0.2) is 0 Å². The van der Waals surface area contributed by atoms with E-state index in [0.717, 1.165) is 12.8 Å². The second-order valence-corrected chi connectivity index (χ2v) is 2.76. The summed E-state index contributed by atoms with van der Waals surface area (Å²) in [7, 11) is 0. The van der Waals surface area contributed by atoms with E-state index in [2.05, 4.69) is 6.92 Å². The number of ether oxygens (including phenoxy) is 1. The van der Waals surface area contributed by atoms with Crippen LogP contribution in [0.3, 0.4) is 0 Å². The van der Waals surface area contributed by atoms with Crippen LogP contribution in [0.2, 0.25) is 0 Å². The molecule has 1 fully saturated rings. The highest BCUT2D eigenvalue weighted by molar-refractivity contribution is 5.75. The fourth-order valence-corrected chi connectivity index (χ4v) is 1.24. The summed E-state index contributed by atoms with van der Waals surface area (Å²) in [5.41, 5.74) is 0. The predicted octanol–water partition coefficient (Wildman–Crippen LogP) is 1.60. The minimum atomic E-state index is 0.00866. The fourth-order valence-electron chi connectivity index (χ4n) is 1.24. The highest BCUT2D eigenvalue weighted by atomic mass is 16.5. The third-order valence-electron chi connectivity index (χ3n) is 2.04. The molecule has 0 aromatic heterocycles. The number of rotatable bonds is 3. The van der Waals surface area contributed by atoms with E-state index in [9.17, 15) is 4.79 Å². The smallest absolute Gasteiger partial charge is 0.309 e. The number of carbonyl (C=O) groups is 1. The van der Waals surface area contributed by atoms with Crippen molar-refractivity contribution in [3.63, 3.8) is 0 Å². The lowest BCUT2D eigenvalue weighted by Gasteiger charge is -1.97. The summed E-state index contributed by atoms with van der Waals surface area (Å²) < 4.78 is 4.86. The van der Waals surface area contributed by atoms with Gasteiger partial charge >= 0.3 is 5.97 Å². The van der Waals surface area contributed by atoms with Crippen LogP contribution in [-0.4, -0.2) is 12.6 Å². The predicted molar refractivity (Wildman–Crippen MR) is 38.5 cm³/mol. The zero-order valence-corrected chi connectivity index (χ0v) is 6.59. The first-order valence-electron chi connectivity index (χ1n) is 3.96. The van der Waals surface area contributed by atoms with Crippen LogP contribution in [0.5, 0.6) is 0 Å². The van der Waals surface area contributed by atoms with Crippen molar-refractivity contribution < 1.29 is 9.53 Å². The molecule has 0 bridgehead atoms. The molecule has 2 unspecified atom stereocenters. The van der Waals surface area contributed by atoms with Crippen LogP contribution in [0.1, 0.15) is 26.7 Å². The molecule has 0 heterocycles. The average molecular weight is 142 g/mol. The van der Waals surface area contributed by atoms with Gasteiger partial charge in [0, 0.05) is 0 Å². The monoisotopic (exact) mass is 142 g/mol. The third kappa shape index (κ3) is 1.49. The summed E-state index contributed by atoms with van der Waals surface area (Å²) in [6.07, 6.45) is 2.17. The molecular weight excluding hydrogens is 128 g/mol. The Balaban J connectivity index is 2.19. The Morgan fingerprint density at radius 2 is 2.30 bits per heavy atom. The number of carbonyl (C=O) groups excluding carboxylic acids is 1. The summed E-state index contributed by atoms with van der Waals surface area (Å²) in [5.74, 6) is 0.873. The maximum Gasteiger partial charge on any atom is 0.309 e. The zero-order valence-electron chi connectivity index (χ0n) is 6.59. The van der Waals surface area contributed by atoms with Crippen LogP contribution < -0.4 is 0 Å². The van der Waals surface area contributed by atoms with Crippen molar-refractivity contribution in [1.29, 1.82) is 0 Å². The van der Waals surface area contributed by atoms with Gasteiger partial charge in [0.1, 0.15) is 0 Å². The van der Waals surface area contributed by atoms with Crippen molar-refractivity contribution in [3.8, 4) is 0 Å². The molecule has 1 rings (SSSR count). The van der Waals surface area contributed by atoms with Crippen molar-refractivity contribution in [2.45, 2.75) is 26.7 Å². The molecule has 0 aliphatic heterocycles. The van der Waals surface area contributed by atoms with Crippen LogP contribution in [0.25, 0.3) is 0 Å². The van der Waals surface area contributed by atoms with E-state index < -0.39 is 0 Å². The lowest BCUT2D eigenvalue weighted by molar-refractivity contribution is -0.145. The van der Waals surface area contributed by atoms with Gasteiger partial charge in [-0.05, 0) is 19.3 Å².